The monoisotopic (exact) mass is 592 g/mol. The normalized spacial score (nSPS) is 12.0. The summed E-state index contributed by atoms with van der Waals surface area (Å²) in [6.07, 6.45) is 20.2. The van der Waals surface area contributed by atoms with Crippen molar-refractivity contribution in [3.05, 3.63) is 35.4 Å². The predicted octanol–water partition coefficient (Wildman–Crippen LogP) is 4.59. The molecule has 0 aliphatic rings. The Bertz CT molecular complexity index is 889. The fourth-order valence-corrected chi connectivity index (χ4v) is 4.66. The molecule has 1 atom stereocenters. The number of esters is 2. The number of carbonyl (C=O) groups excluding carboxylic acids is 2. The van der Waals surface area contributed by atoms with Gasteiger partial charge in [0.05, 0.1) is 34.5 Å². The number of hydrogen-bond donors (Lipinski definition) is 0. The topological polar surface area (TPSA) is 110 Å². The number of hydrogen-bond acceptors (Lipinski definition) is 7. The summed E-state index contributed by atoms with van der Waals surface area (Å²) >= 11 is 0. The molecule has 0 N–H and O–H groups in total. The van der Waals surface area contributed by atoms with E-state index in [0.29, 0.717) is 6.61 Å². The second-order valence-corrected chi connectivity index (χ2v) is 12.0. The van der Waals surface area contributed by atoms with E-state index in [1.807, 2.05) is 0 Å². The maximum absolute atomic E-state index is 12.5. The van der Waals surface area contributed by atoms with Gasteiger partial charge in [0.2, 0.25) is 0 Å². The fraction of sp³-hybridized carbons (Fsp3) is 0.733. The van der Waals surface area contributed by atoms with Crippen LogP contribution in [0.3, 0.4) is 0 Å². The van der Waals surface area contributed by atoms with Gasteiger partial charge in [0, 0.05) is 5.25 Å². The molecule has 39 heavy (non-hydrogen) atoms. The molecule has 9 heteroatoms. The van der Waals surface area contributed by atoms with Crippen LogP contribution in [0.25, 0.3) is 0 Å². The van der Waals surface area contributed by atoms with Crippen LogP contribution in [0.1, 0.15) is 144 Å². The Hall–Kier alpha value is -0.294. The molecule has 0 radical (unpaired) electrons. The molecule has 1 aromatic rings. The maximum atomic E-state index is 12.5. The van der Waals surface area contributed by atoms with E-state index in [1.54, 1.807) is 12.1 Å². The third kappa shape index (κ3) is 19.5. The second kappa shape index (κ2) is 24.3. The van der Waals surface area contributed by atoms with Crippen molar-refractivity contribution < 1.29 is 83.4 Å². The SMILES string of the molecule is CCCCCCCCCCCCCCCCCCOC(=O)c1ccccc1C(=O)OCCC(C)S(=O)(=O)[O-].[K+]. The zero-order valence-electron chi connectivity index (χ0n) is 24.6. The largest absolute Gasteiger partial charge is 1.00 e. The van der Waals surface area contributed by atoms with Crippen LogP contribution < -0.4 is 51.4 Å². The van der Waals surface area contributed by atoms with E-state index in [4.69, 9.17) is 9.47 Å². The summed E-state index contributed by atoms with van der Waals surface area (Å²) in [5.41, 5.74) is 0.167. The summed E-state index contributed by atoms with van der Waals surface area (Å²) in [4.78, 5) is 24.9. The Morgan fingerprint density at radius 3 is 1.44 bits per heavy atom. The van der Waals surface area contributed by atoms with Crippen molar-refractivity contribution in [3.63, 3.8) is 0 Å². The van der Waals surface area contributed by atoms with E-state index in [2.05, 4.69) is 6.92 Å². The molecule has 0 saturated heterocycles. The third-order valence-corrected chi connectivity index (χ3v) is 8.07. The molecule has 7 nitrogen and oxygen atoms in total. The minimum Gasteiger partial charge on any atom is -0.748 e. The number of unbranched alkanes of at least 4 members (excludes halogenated alkanes) is 15. The Kier molecular flexibility index (Phi) is 24.1. The van der Waals surface area contributed by atoms with Crippen molar-refractivity contribution in [2.75, 3.05) is 13.2 Å². The van der Waals surface area contributed by atoms with E-state index in [9.17, 15) is 22.6 Å². The Balaban J connectivity index is 0.0000144. The Morgan fingerprint density at radius 1 is 0.692 bits per heavy atom. The minimum atomic E-state index is -4.43. The molecule has 0 fully saturated rings. The fourth-order valence-electron chi connectivity index (χ4n) is 4.27. The third-order valence-electron chi connectivity index (χ3n) is 6.85. The van der Waals surface area contributed by atoms with Gasteiger partial charge in [-0.15, -0.1) is 0 Å². The zero-order valence-corrected chi connectivity index (χ0v) is 28.5. The van der Waals surface area contributed by atoms with Crippen molar-refractivity contribution >= 4 is 22.1 Å². The summed E-state index contributed by atoms with van der Waals surface area (Å²) in [5, 5.41) is -1.16. The molecule has 0 aliphatic heterocycles. The Labute approximate surface area is 279 Å². The van der Waals surface area contributed by atoms with Crippen molar-refractivity contribution in [2.24, 2.45) is 0 Å². The molecule has 0 aromatic heterocycles. The standard InChI is InChI=1S/C30H50O7S.K/c1-3-4-5-6-7-8-9-10-11-12-13-14-15-16-17-20-24-36-29(31)27-21-18-19-22-28(27)30(32)37-25-23-26(2)38(33,34)35;/h18-19,21-22,26H,3-17,20,23-25H2,1-2H3,(H,33,34,35);/q;+1/p-1. The number of benzene rings is 1. The zero-order chi connectivity index (χ0) is 28.1. The van der Waals surface area contributed by atoms with Crippen LogP contribution in [0, 0.1) is 0 Å². The molecule has 1 rings (SSSR count). The van der Waals surface area contributed by atoms with E-state index in [0.717, 1.165) is 19.3 Å². The second-order valence-electron chi connectivity index (χ2n) is 10.2. The summed E-state index contributed by atoms with van der Waals surface area (Å²) in [5.74, 6) is -1.34. The number of rotatable bonds is 23. The average molecular weight is 593 g/mol. The predicted molar refractivity (Wildman–Crippen MR) is 150 cm³/mol. The summed E-state index contributed by atoms with van der Waals surface area (Å²) in [7, 11) is -4.43. The molecule has 0 spiro atoms. The first kappa shape index (κ1) is 38.7. The molecule has 0 amide bonds. The average Bonchev–Trinajstić information content (AvgIpc) is 2.89. The molecule has 1 unspecified atom stereocenters. The quantitative estimate of drug-likeness (QED) is 0.0791. The van der Waals surface area contributed by atoms with Crippen LogP contribution >= 0.6 is 0 Å². The van der Waals surface area contributed by atoms with Gasteiger partial charge in [-0.1, -0.05) is 115 Å². The smallest absolute Gasteiger partial charge is 0.748 e. The first-order valence-corrected chi connectivity index (χ1v) is 16.1. The Morgan fingerprint density at radius 2 is 1.05 bits per heavy atom. The number of carbonyl (C=O) groups is 2. The van der Waals surface area contributed by atoms with Crippen molar-refractivity contribution in [1.29, 1.82) is 0 Å². The van der Waals surface area contributed by atoms with E-state index < -0.39 is 27.3 Å². The minimum absolute atomic E-state index is 0. The van der Waals surface area contributed by atoms with Gasteiger partial charge in [0.25, 0.3) is 0 Å². The van der Waals surface area contributed by atoms with Gasteiger partial charge in [0.1, 0.15) is 0 Å². The van der Waals surface area contributed by atoms with E-state index in [1.165, 1.54) is 103 Å². The molecule has 0 bridgehead atoms. The van der Waals surface area contributed by atoms with Gasteiger partial charge in [-0.3, -0.25) is 0 Å². The summed E-state index contributed by atoms with van der Waals surface area (Å²) in [6, 6.07) is 6.19. The molecule has 1 aromatic carbocycles. The van der Waals surface area contributed by atoms with Gasteiger partial charge in [0.15, 0.2) is 0 Å². The molecule has 218 valence electrons. The van der Waals surface area contributed by atoms with Gasteiger partial charge in [-0.05, 0) is 31.9 Å². The van der Waals surface area contributed by atoms with Gasteiger partial charge in [-0.2, -0.15) is 0 Å². The molecular weight excluding hydrogens is 543 g/mol. The molecule has 0 saturated carbocycles. The molecule has 0 aliphatic carbocycles. The molecular formula is C30H49KO7S. The number of ether oxygens (including phenoxy) is 2. The van der Waals surface area contributed by atoms with Crippen LogP contribution in [0.2, 0.25) is 0 Å². The maximum Gasteiger partial charge on any atom is 1.00 e. The van der Waals surface area contributed by atoms with Crippen molar-refractivity contribution in [3.8, 4) is 0 Å². The van der Waals surface area contributed by atoms with Crippen molar-refractivity contribution in [1.82, 2.24) is 0 Å². The summed E-state index contributed by atoms with van der Waals surface area (Å²) in [6.45, 7) is 3.58. The summed E-state index contributed by atoms with van der Waals surface area (Å²) < 4.78 is 43.3. The van der Waals surface area contributed by atoms with Crippen LogP contribution in [0.15, 0.2) is 24.3 Å². The van der Waals surface area contributed by atoms with Gasteiger partial charge >= 0.3 is 63.3 Å². The molecule has 0 heterocycles. The first-order chi connectivity index (χ1) is 18.3. The van der Waals surface area contributed by atoms with Crippen molar-refractivity contribution in [2.45, 2.75) is 128 Å². The van der Waals surface area contributed by atoms with Crippen LogP contribution in [0.4, 0.5) is 0 Å². The van der Waals surface area contributed by atoms with E-state index >= 15 is 0 Å². The first-order valence-electron chi connectivity index (χ1n) is 14.6. The van der Waals surface area contributed by atoms with Gasteiger partial charge < -0.3 is 14.0 Å². The van der Waals surface area contributed by atoms with Gasteiger partial charge in [-0.25, -0.2) is 18.0 Å². The van der Waals surface area contributed by atoms with E-state index in [-0.39, 0.29) is 75.5 Å². The van der Waals surface area contributed by atoms with Crippen LogP contribution in [-0.4, -0.2) is 43.4 Å². The van der Waals surface area contributed by atoms with Crippen LogP contribution in [0.5, 0.6) is 0 Å². The van der Waals surface area contributed by atoms with Crippen LogP contribution in [-0.2, 0) is 19.6 Å².